The number of hydrogen-bond donors (Lipinski definition) is 1. The highest BCUT2D eigenvalue weighted by Crippen LogP contribution is 2.48. The van der Waals surface area contributed by atoms with Crippen molar-refractivity contribution < 1.29 is 18.3 Å². The summed E-state index contributed by atoms with van der Waals surface area (Å²) in [5, 5.41) is 3.32. The first-order valence-electron chi connectivity index (χ1n) is 7.78. The summed E-state index contributed by atoms with van der Waals surface area (Å²) in [6.07, 6.45) is 0. The smallest absolute Gasteiger partial charge is 0.497 e. The fourth-order valence-corrected chi connectivity index (χ4v) is 3.76. The molecular formula is C19H17ClNO4P. The Bertz CT molecular complexity index is 920. The van der Waals surface area contributed by atoms with E-state index in [1.54, 1.807) is 79.9 Å². The van der Waals surface area contributed by atoms with E-state index < -0.39 is 7.75 Å². The SMILES string of the molecule is COc1cccc(OP(=O)(Nc2cccc(Cl)c2)Oc2ccccc2)c1. The molecular weight excluding hydrogens is 373 g/mol. The maximum atomic E-state index is 13.4. The van der Waals surface area contributed by atoms with Gasteiger partial charge in [0.05, 0.1) is 7.11 Å². The molecule has 1 unspecified atom stereocenters. The van der Waals surface area contributed by atoms with E-state index in [1.807, 2.05) is 6.07 Å². The number of hydrogen-bond acceptors (Lipinski definition) is 4. The Kier molecular flexibility index (Phi) is 5.71. The summed E-state index contributed by atoms with van der Waals surface area (Å²) >= 11 is 6.01. The lowest BCUT2D eigenvalue weighted by molar-refractivity contribution is 0.387. The van der Waals surface area contributed by atoms with Gasteiger partial charge in [0.1, 0.15) is 17.2 Å². The summed E-state index contributed by atoms with van der Waals surface area (Å²) in [5.74, 6) is 1.34. The van der Waals surface area contributed by atoms with Crippen LogP contribution in [0, 0.1) is 0 Å². The van der Waals surface area contributed by atoms with E-state index in [9.17, 15) is 4.57 Å². The first kappa shape index (κ1) is 18.2. The second-order valence-corrected chi connectivity index (χ2v) is 7.31. The lowest BCUT2D eigenvalue weighted by atomic mass is 10.3. The zero-order valence-electron chi connectivity index (χ0n) is 14.0. The largest absolute Gasteiger partial charge is 0.541 e. The van der Waals surface area contributed by atoms with Crippen LogP contribution in [-0.2, 0) is 4.57 Å². The van der Waals surface area contributed by atoms with Gasteiger partial charge in [-0.1, -0.05) is 41.9 Å². The molecule has 0 bridgehead atoms. The van der Waals surface area contributed by atoms with Crippen LogP contribution in [0.4, 0.5) is 5.69 Å². The summed E-state index contributed by atoms with van der Waals surface area (Å²) in [6, 6.07) is 22.4. The molecule has 0 aliphatic heterocycles. The van der Waals surface area contributed by atoms with E-state index in [0.717, 1.165) is 0 Å². The summed E-state index contributed by atoms with van der Waals surface area (Å²) in [6.45, 7) is 0. The summed E-state index contributed by atoms with van der Waals surface area (Å²) in [4.78, 5) is 0. The predicted octanol–water partition coefficient (Wildman–Crippen LogP) is 6.03. The van der Waals surface area contributed by atoms with Gasteiger partial charge in [-0.2, -0.15) is 0 Å². The van der Waals surface area contributed by atoms with Gasteiger partial charge in [0, 0.05) is 16.8 Å². The number of anilines is 1. The summed E-state index contributed by atoms with van der Waals surface area (Å²) in [7, 11) is -2.25. The number of halogens is 1. The van der Waals surface area contributed by atoms with Crippen molar-refractivity contribution in [3.8, 4) is 17.2 Å². The molecule has 0 saturated carbocycles. The van der Waals surface area contributed by atoms with Gasteiger partial charge in [0.15, 0.2) is 0 Å². The normalized spacial score (nSPS) is 12.7. The Morgan fingerprint density at radius 2 is 1.46 bits per heavy atom. The van der Waals surface area contributed by atoms with Crippen LogP contribution < -0.4 is 18.9 Å². The molecule has 3 rings (SSSR count). The van der Waals surface area contributed by atoms with E-state index >= 15 is 0 Å². The number of methoxy groups -OCH3 is 1. The van der Waals surface area contributed by atoms with Crippen molar-refractivity contribution in [2.24, 2.45) is 0 Å². The molecule has 0 spiro atoms. The fourth-order valence-electron chi connectivity index (χ4n) is 2.20. The van der Waals surface area contributed by atoms with Crippen molar-refractivity contribution in [2.75, 3.05) is 12.2 Å². The summed E-state index contributed by atoms with van der Waals surface area (Å²) < 4.78 is 29.9. The number of benzene rings is 3. The third kappa shape index (κ3) is 4.94. The van der Waals surface area contributed by atoms with Crippen LogP contribution in [0.25, 0.3) is 0 Å². The van der Waals surface area contributed by atoms with E-state index in [4.69, 9.17) is 25.4 Å². The second-order valence-electron chi connectivity index (χ2n) is 5.29. The van der Waals surface area contributed by atoms with Gasteiger partial charge in [0.2, 0.25) is 0 Å². The molecule has 0 aromatic heterocycles. The highest BCUT2D eigenvalue weighted by molar-refractivity contribution is 7.56. The molecule has 0 aliphatic carbocycles. The average molecular weight is 390 g/mol. The monoisotopic (exact) mass is 389 g/mol. The van der Waals surface area contributed by atoms with Crippen molar-refractivity contribution in [3.63, 3.8) is 0 Å². The van der Waals surface area contributed by atoms with Crippen LogP contribution in [-0.4, -0.2) is 7.11 Å². The zero-order chi connectivity index (χ0) is 18.4. The van der Waals surface area contributed by atoms with Crippen molar-refractivity contribution in [1.82, 2.24) is 0 Å². The Morgan fingerprint density at radius 3 is 2.19 bits per heavy atom. The van der Waals surface area contributed by atoms with E-state index in [2.05, 4.69) is 5.09 Å². The quantitative estimate of drug-likeness (QED) is 0.500. The van der Waals surface area contributed by atoms with Crippen molar-refractivity contribution >= 4 is 25.0 Å². The standard InChI is InChI=1S/C19H17ClNO4P/c1-23-18-11-6-12-19(14-18)25-26(22,24-17-9-3-2-4-10-17)21-16-8-5-7-15(20)13-16/h2-14H,1H3,(H,21,22). The number of para-hydroxylation sites is 1. The molecule has 0 heterocycles. The molecule has 7 heteroatoms. The first-order valence-corrected chi connectivity index (χ1v) is 9.70. The lowest BCUT2D eigenvalue weighted by Gasteiger charge is -2.21. The van der Waals surface area contributed by atoms with Crippen LogP contribution in [0.15, 0.2) is 78.9 Å². The van der Waals surface area contributed by atoms with E-state index in [-0.39, 0.29) is 0 Å². The molecule has 1 atom stereocenters. The highest BCUT2D eigenvalue weighted by Gasteiger charge is 2.29. The third-order valence-corrected chi connectivity index (χ3v) is 5.00. The van der Waals surface area contributed by atoms with Gasteiger partial charge >= 0.3 is 7.75 Å². The minimum absolute atomic E-state index is 0.346. The van der Waals surface area contributed by atoms with Crippen LogP contribution in [0.5, 0.6) is 17.2 Å². The number of ether oxygens (including phenoxy) is 1. The third-order valence-electron chi connectivity index (χ3n) is 3.33. The van der Waals surface area contributed by atoms with Crippen LogP contribution >= 0.6 is 19.3 Å². The molecule has 3 aromatic carbocycles. The molecule has 1 N–H and O–H groups in total. The van der Waals surface area contributed by atoms with E-state index in [0.29, 0.717) is 28.0 Å². The second kappa shape index (κ2) is 8.17. The Labute approximate surface area is 157 Å². The van der Waals surface area contributed by atoms with Gasteiger partial charge < -0.3 is 13.8 Å². The van der Waals surface area contributed by atoms with Gasteiger partial charge in [-0.25, -0.2) is 4.57 Å². The van der Waals surface area contributed by atoms with Gasteiger partial charge in [0.25, 0.3) is 0 Å². The molecule has 0 amide bonds. The minimum Gasteiger partial charge on any atom is -0.497 e. The molecule has 134 valence electrons. The van der Waals surface area contributed by atoms with Gasteiger partial charge in [-0.05, 0) is 42.5 Å². The number of rotatable bonds is 7. The summed E-state index contributed by atoms with van der Waals surface area (Å²) in [5.41, 5.74) is 0.514. The maximum absolute atomic E-state index is 13.4. The van der Waals surface area contributed by atoms with E-state index in [1.165, 1.54) is 0 Å². The maximum Gasteiger partial charge on any atom is 0.541 e. The Morgan fingerprint density at radius 1 is 0.808 bits per heavy atom. The first-order chi connectivity index (χ1) is 12.6. The van der Waals surface area contributed by atoms with Crippen molar-refractivity contribution in [3.05, 3.63) is 83.9 Å². The topological polar surface area (TPSA) is 56.8 Å². The van der Waals surface area contributed by atoms with Crippen LogP contribution in [0.2, 0.25) is 5.02 Å². The molecule has 0 saturated heterocycles. The molecule has 0 fully saturated rings. The van der Waals surface area contributed by atoms with Gasteiger partial charge in [-0.3, -0.25) is 5.09 Å². The van der Waals surface area contributed by atoms with Crippen molar-refractivity contribution in [2.45, 2.75) is 0 Å². The molecule has 3 aromatic rings. The lowest BCUT2D eigenvalue weighted by Crippen LogP contribution is -2.10. The Hall–Kier alpha value is -2.62. The molecule has 5 nitrogen and oxygen atoms in total. The predicted molar refractivity (Wildman–Crippen MR) is 103 cm³/mol. The molecule has 0 aliphatic rings. The number of nitrogens with one attached hydrogen (secondary N) is 1. The molecule has 0 radical (unpaired) electrons. The fraction of sp³-hybridized carbons (Fsp3) is 0.0526. The Balaban J connectivity index is 1.90. The molecule has 26 heavy (non-hydrogen) atoms. The minimum atomic E-state index is -3.80. The average Bonchev–Trinajstić information content (AvgIpc) is 2.62. The highest BCUT2D eigenvalue weighted by atomic mass is 35.5. The van der Waals surface area contributed by atoms with Crippen molar-refractivity contribution in [1.29, 1.82) is 0 Å². The zero-order valence-corrected chi connectivity index (χ0v) is 15.6. The van der Waals surface area contributed by atoms with Crippen LogP contribution in [0.3, 0.4) is 0 Å². The van der Waals surface area contributed by atoms with Crippen LogP contribution in [0.1, 0.15) is 0 Å². The van der Waals surface area contributed by atoms with Gasteiger partial charge in [-0.15, -0.1) is 0 Å².